The molecule has 1 aliphatic heterocycles. The molecule has 0 saturated carbocycles. The quantitative estimate of drug-likeness (QED) is 0.324. The van der Waals surface area contributed by atoms with Gasteiger partial charge in [0.25, 0.3) is 5.91 Å². The average Bonchev–Trinajstić information content (AvgIpc) is 3.35. The Kier molecular flexibility index (Phi) is 8.20. The molecule has 3 rings (SSSR count). The first-order chi connectivity index (χ1) is 17.2. The summed E-state index contributed by atoms with van der Waals surface area (Å²) in [6.07, 6.45) is -2.42. The predicted octanol–water partition coefficient (Wildman–Crippen LogP) is 2.29. The van der Waals surface area contributed by atoms with Gasteiger partial charge in [-0.2, -0.15) is 0 Å². The maximum Gasteiger partial charge on any atom is 0.311 e. The molecule has 0 bridgehead atoms. The highest BCUT2D eigenvalue weighted by atomic mass is 79.9. The van der Waals surface area contributed by atoms with Crippen LogP contribution in [-0.4, -0.2) is 62.4 Å². The van der Waals surface area contributed by atoms with Gasteiger partial charge in [-0.1, -0.05) is 13.8 Å². The van der Waals surface area contributed by atoms with E-state index < -0.39 is 53.2 Å². The van der Waals surface area contributed by atoms with Crippen molar-refractivity contribution in [2.45, 2.75) is 78.9 Å². The van der Waals surface area contributed by atoms with Crippen molar-refractivity contribution in [1.29, 1.82) is 5.41 Å². The number of aliphatic hydroxyl groups is 1. The molecule has 0 radical (unpaired) electrons. The first kappa shape index (κ1) is 28.8. The van der Waals surface area contributed by atoms with Crippen molar-refractivity contribution in [1.82, 2.24) is 14.5 Å². The van der Waals surface area contributed by atoms with Crippen molar-refractivity contribution in [3.8, 4) is 0 Å². The van der Waals surface area contributed by atoms with Gasteiger partial charge < -0.3 is 30.0 Å². The lowest BCUT2D eigenvalue weighted by Crippen LogP contribution is -2.42. The first-order valence-corrected chi connectivity index (χ1v) is 12.8. The third kappa shape index (κ3) is 5.43. The van der Waals surface area contributed by atoms with E-state index in [1.165, 1.54) is 10.9 Å². The lowest BCUT2D eigenvalue weighted by atomic mass is 9.90. The molecule has 1 fully saturated rings. The molecule has 2 aromatic heterocycles. The van der Waals surface area contributed by atoms with Crippen molar-refractivity contribution in [3.05, 3.63) is 22.0 Å². The number of hydrogen-bond acceptors (Lipinski definition) is 9. The molecule has 1 saturated heterocycles. The zero-order chi connectivity index (χ0) is 27.9. The highest BCUT2D eigenvalue weighted by molar-refractivity contribution is 9.10. The molecule has 204 valence electrons. The number of primary amides is 1. The van der Waals surface area contributed by atoms with Gasteiger partial charge in [0.2, 0.25) is 0 Å². The lowest BCUT2D eigenvalue weighted by molar-refractivity contribution is -0.171. The minimum atomic E-state index is -1.40. The number of nitrogens with zero attached hydrogens (tertiary/aromatic N) is 2. The fourth-order valence-electron chi connectivity index (χ4n) is 3.70. The van der Waals surface area contributed by atoms with Crippen LogP contribution < -0.4 is 11.2 Å². The van der Waals surface area contributed by atoms with Gasteiger partial charge in [0.1, 0.15) is 30.8 Å². The summed E-state index contributed by atoms with van der Waals surface area (Å²) in [5.74, 6) is -1.77. The van der Waals surface area contributed by atoms with E-state index in [1.54, 1.807) is 27.7 Å². The monoisotopic (exact) mass is 583 g/mol. The summed E-state index contributed by atoms with van der Waals surface area (Å²) in [6.45, 7) is 10.4. The number of aromatic nitrogens is 3. The number of aliphatic hydroxyl groups excluding tert-OH is 1. The normalized spacial score (nSPS) is 22.3. The molecule has 3 heterocycles. The largest absolute Gasteiger partial charge is 0.462 e. The van der Waals surface area contributed by atoms with E-state index >= 15 is 0 Å². The molecule has 1 amide bonds. The number of ether oxygens (including phenoxy) is 3. The molecular weight excluding hydrogens is 550 g/mol. The number of amides is 1. The summed E-state index contributed by atoms with van der Waals surface area (Å²) < 4.78 is 18.9. The Morgan fingerprint density at radius 1 is 1.22 bits per heavy atom. The van der Waals surface area contributed by atoms with Crippen LogP contribution in [0.25, 0.3) is 11.0 Å². The van der Waals surface area contributed by atoms with Crippen LogP contribution in [0.15, 0.2) is 10.9 Å². The van der Waals surface area contributed by atoms with E-state index in [2.05, 4.69) is 25.9 Å². The fraction of sp³-hybridized carbons (Fsp3) is 0.625. The summed E-state index contributed by atoms with van der Waals surface area (Å²) in [6, 6.07) is 0. The first-order valence-electron chi connectivity index (χ1n) is 12.0. The van der Waals surface area contributed by atoms with Crippen molar-refractivity contribution in [2.24, 2.45) is 16.6 Å². The van der Waals surface area contributed by atoms with E-state index in [0.29, 0.717) is 12.8 Å². The summed E-state index contributed by atoms with van der Waals surface area (Å²) in [5, 5.41) is 19.6. The van der Waals surface area contributed by atoms with Crippen molar-refractivity contribution < 1.29 is 33.7 Å². The Bertz CT molecular complexity index is 1270. The maximum absolute atomic E-state index is 12.9. The Morgan fingerprint density at radius 3 is 2.38 bits per heavy atom. The second-order valence-electron chi connectivity index (χ2n) is 10.4. The molecule has 0 spiro atoms. The van der Waals surface area contributed by atoms with Crippen LogP contribution in [0.5, 0.6) is 0 Å². The van der Waals surface area contributed by atoms with Crippen LogP contribution in [0.1, 0.15) is 71.0 Å². The molecule has 2 aromatic rings. The highest BCUT2D eigenvalue weighted by Gasteiger charge is 2.49. The van der Waals surface area contributed by atoms with Gasteiger partial charge in [-0.25, -0.2) is 4.98 Å². The van der Waals surface area contributed by atoms with Crippen LogP contribution in [0.4, 0.5) is 0 Å². The van der Waals surface area contributed by atoms with E-state index in [4.69, 9.17) is 25.4 Å². The molecular formula is C24H34BrN5O7. The number of carbonyl (C=O) groups excluding carboxylic acids is 3. The molecule has 1 aliphatic rings. The number of halogens is 1. The molecule has 4 atom stereocenters. The summed E-state index contributed by atoms with van der Waals surface area (Å²) in [4.78, 5) is 44.5. The topological polar surface area (TPSA) is 183 Å². The van der Waals surface area contributed by atoms with Crippen molar-refractivity contribution >= 4 is 44.8 Å². The minimum absolute atomic E-state index is 0.0225. The maximum atomic E-state index is 12.9. The van der Waals surface area contributed by atoms with Crippen molar-refractivity contribution in [2.75, 3.05) is 6.61 Å². The van der Waals surface area contributed by atoms with Gasteiger partial charge in [0, 0.05) is 0 Å². The van der Waals surface area contributed by atoms with Gasteiger partial charge >= 0.3 is 11.9 Å². The number of esters is 2. The molecule has 0 aromatic carbocycles. The number of nitrogens with one attached hydrogen (secondary N) is 2. The fourth-order valence-corrected chi connectivity index (χ4v) is 4.28. The number of carbonyl (C=O) groups is 3. The second kappa shape index (κ2) is 10.5. The van der Waals surface area contributed by atoms with Crippen LogP contribution >= 0.6 is 15.9 Å². The zero-order valence-corrected chi connectivity index (χ0v) is 23.3. The number of aromatic amines is 1. The van der Waals surface area contributed by atoms with Gasteiger partial charge in [-0.15, -0.1) is 0 Å². The van der Waals surface area contributed by atoms with Crippen LogP contribution in [-0.2, 0) is 23.8 Å². The van der Waals surface area contributed by atoms with E-state index in [9.17, 15) is 19.5 Å². The molecule has 37 heavy (non-hydrogen) atoms. The van der Waals surface area contributed by atoms with Gasteiger partial charge in [-0.3, -0.25) is 24.4 Å². The second-order valence-corrected chi connectivity index (χ2v) is 11.2. The lowest BCUT2D eigenvalue weighted by Gasteiger charge is -2.27. The number of hydrogen-bond donors (Lipinski definition) is 4. The number of H-pyrrole nitrogens is 1. The minimum Gasteiger partial charge on any atom is -0.462 e. The number of fused-ring (bicyclic) bond motifs is 1. The Balaban J connectivity index is 2.02. The predicted molar refractivity (Wildman–Crippen MR) is 135 cm³/mol. The molecule has 1 unspecified atom stereocenters. The highest BCUT2D eigenvalue weighted by Crippen LogP contribution is 2.36. The SMILES string of the molecule is CCC(C)(C)C(=O)OC[C@@H]1O[C@H](n2cnc(=N)c3c(C(N)=O)c(Br)[nH]c32)[C@H](O)C1OC(=O)C(C)(C)CC. The Morgan fingerprint density at radius 2 is 1.81 bits per heavy atom. The molecule has 0 aliphatic carbocycles. The van der Waals surface area contributed by atoms with Crippen LogP contribution in [0.2, 0.25) is 0 Å². The Labute approximate surface area is 222 Å². The van der Waals surface area contributed by atoms with Crippen LogP contribution in [0, 0.1) is 16.2 Å². The van der Waals surface area contributed by atoms with Gasteiger partial charge in [0.05, 0.1) is 26.4 Å². The van der Waals surface area contributed by atoms with E-state index in [-0.39, 0.29) is 33.3 Å². The van der Waals surface area contributed by atoms with Crippen LogP contribution in [0.3, 0.4) is 0 Å². The van der Waals surface area contributed by atoms with Gasteiger partial charge in [-0.05, 0) is 56.5 Å². The molecule has 13 heteroatoms. The summed E-state index contributed by atoms with van der Waals surface area (Å²) in [5.41, 5.74) is 3.98. The summed E-state index contributed by atoms with van der Waals surface area (Å²) >= 11 is 3.24. The molecule has 5 N–H and O–H groups in total. The standard InChI is InChI=1S/C24H34BrN5O7/c1-7-23(3,4)21(33)35-9-11-15(37-22(34)24(5,6)8-2)14(31)20(36-11)30-10-28-17(26)13-12(18(27)32)16(25)29-19(13)30/h10-11,14-15,20,26,29,31H,7-9H2,1-6H3,(H2,27,32)/t11-,14+,15?,20-/m0/s1. The summed E-state index contributed by atoms with van der Waals surface area (Å²) in [7, 11) is 0. The van der Waals surface area contributed by atoms with E-state index in [0.717, 1.165) is 0 Å². The Hall–Kier alpha value is -2.77. The zero-order valence-electron chi connectivity index (χ0n) is 21.8. The number of nitrogens with two attached hydrogens (primary N) is 1. The average molecular weight is 584 g/mol. The third-order valence-corrected chi connectivity index (χ3v) is 7.66. The number of rotatable bonds is 9. The van der Waals surface area contributed by atoms with E-state index in [1.807, 2.05) is 13.8 Å². The van der Waals surface area contributed by atoms with Crippen molar-refractivity contribution in [3.63, 3.8) is 0 Å². The smallest absolute Gasteiger partial charge is 0.311 e. The third-order valence-electron chi connectivity index (χ3n) is 7.07. The molecule has 12 nitrogen and oxygen atoms in total. The van der Waals surface area contributed by atoms with Gasteiger partial charge in [0.15, 0.2) is 17.8 Å².